The van der Waals surface area contributed by atoms with Crippen LogP contribution in [0, 0.1) is 24.3 Å². The fourth-order valence-electron chi connectivity index (χ4n) is 1.60. The Morgan fingerprint density at radius 1 is 0.500 bits per heavy atom. The highest BCUT2D eigenvalue weighted by atomic mass is 14.0. The lowest BCUT2D eigenvalue weighted by Crippen LogP contribution is -1.76. The summed E-state index contributed by atoms with van der Waals surface area (Å²) in [6.07, 6.45) is 0. The quantitative estimate of drug-likeness (QED) is 0.459. The molecule has 3 aromatic rings. The van der Waals surface area contributed by atoms with Crippen LogP contribution in [0.3, 0.4) is 0 Å². The van der Waals surface area contributed by atoms with Crippen LogP contribution in [0.1, 0.15) is 0 Å². The summed E-state index contributed by atoms with van der Waals surface area (Å²) in [6.45, 7) is 0. The predicted molar refractivity (Wildman–Crippen MR) is 56.8 cm³/mol. The molecule has 0 heteroatoms. The van der Waals surface area contributed by atoms with Crippen LogP contribution in [0.15, 0.2) is 36.4 Å². The summed E-state index contributed by atoms with van der Waals surface area (Å²) in [5.41, 5.74) is 0. The molecule has 0 spiro atoms. The second-order valence-corrected chi connectivity index (χ2v) is 3.19. The molecule has 4 radical (unpaired) electrons. The fraction of sp³-hybridized carbons (Fsp3) is 0. The van der Waals surface area contributed by atoms with E-state index >= 15 is 0 Å². The molecular weight excluding hydrogens is 168 g/mol. The molecule has 0 aliphatic heterocycles. The first-order valence-corrected chi connectivity index (χ1v) is 4.48. The lowest BCUT2D eigenvalue weighted by Gasteiger charge is -1.99. The van der Waals surface area contributed by atoms with Gasteiger partial charge in [0, 0.05) is 0 Å². The highest BCUT2D eigenvalue weighted by Crippen LogP contribution is 2.20. The number of rotatable bonds is 0. The molecule has 0 heterocycles. The molecule has 0 bridgehead atoms. The molecule has 0 nitrogen and oxygen atoms in total. The molecule has 0 amide bonds. The van der Waals surface area contributed by atoms with Gasteiger partial charge in [-0.1, -0.05) is 24.3 Å². The van der Waals surface area contributed by atoms with E-state index in [0.29, 0.717) is 0 Å². The molecule has 14 heavy (non-hydrogen) atoms. The Morgan fingerprint density at radius 3 is 1.07 bits per heavy atom. The van der Waals surface area contributed by atoms with Gasteiger partial charge in [0.15, 0.2) is 0 Å². The van der Waals surface area contributed by atoms with Crippen molar-refractivity contribution in [1.82, 2.24) is 0 Å². The van der Waals surface area contributed by atoms with Crippen LogP contribution in [0.25, 0.3) is 21.5 Å². The summed E-state index contributed by atoms with van der Waals surface area (Å²) in [5, 5.41) is 4.32. The minimum Gasteiger partial charge on any atom is -0.0531 e. The molecule has 0 aliphatic carbocycles. The molecule has 0 saturated heterocycles. The van der Waals surface area contributed by atoms with E-state index in [0.717, 1.165) is 21.5 Å². The molecular formula is C14H6. The molecule has 0 atom stereocenters. The standard InChI is InChI=1S/C14H6/c1-2-6-12-10-14-8-4-3-7-13(14)9-11(12)5-1/h1-4,9-10H. The Morgan fingerprint density at radius 2 is 0.786 bits per heavy atom. The van der Waals surface area contributed by atoms with Gasteiger partial charge < -0.3 is 0 Å². The molecule has 0 unspecified atom stereocenters. The van der Waals surface area contributed by atoms with Crippen molar-refractivity contribution in [3.63, 3.8) is 0 Å². The largest absolute Gasteiger partial charge is 0.0531 e. The summed E-state index contributed by atoms with van der Waals surface area (Å²) in [4.78, 5) is 0. The smallest absolute Gasteiger partial charge is 0.00923 e. The zero-order valence-electron chi connectivity index (χ0n) is 7.46. The van der Waals surface area contributed by atoms with Gasteiger partial charge in [0.25, 0.3) is 0 Å². The monoisotopic (exact) mass is 174 g/mol. The summed E-state index contributed by atoms with van der Waals surface area (Å²) >= 11 is 0. The van der Waals surface area contributed by atoms with Crippen LogP contribution in [-0.2, 0) is 0 Å². The maximum Gasteiger partial charge on any atom is -0.00923 e. The van der Waals surface area contributed by atoms with Gasteiger partial charge in [0.05, 0.1) is 0 Å². The molecule has 62 valence electrons. The van der Waals surface area contributed by atoms with Crippen LogP contribution >= 0.6 is 0 Å². The van der Waals surface area contributed by atoms with E-state index in [9.17, 15) is 0 Å². The summed E-state index contributed by atoms with van der Waals surface area (Å²) in [5.74, 6) is 0. The number of hydrogen-bond acceptors (Lipinski definition) is 0. The number of hydrogen-bond donors (Lipinski definition) is 0. The van der Waals surface area contributed by atoms with Crippen molar-refractivity contribution in [2.75, 3.05) is 0 Å². The molecule has 3 aromatic carbocycles. The Kier molecular flexibility index (Phi) is 1.54. The van der Waals surface area contributed by atoms with Crippen LogP contribution in [0.2, 0.25) is 0 Å². The van der Waals surface area contributed by atoms with Crippen molar-refractivity contribution >= 4 is 21.5 Å². The molecule has 0 aliphatic rings. The second kappa shape index (κ2) is 2.85. The van der Waals surface area contributed by atoms with Gasteiger partial charge in [0.1, 0.15) is 0 Å². The Bertz CT molecular complexity index is 489. The van der Waals surface area contributed by atoms with Gasteiger partial charge >= 0.3 is 0 Å². The minimum absolute atomic E-state index is 1.08. The van der Waals surface area contributed by atoms with Crippen molar-refractivity contribution in [3.8, 4) is 0 Å². The minimum atomic E-state index is 1.08. The third-order valence-corrected chi connectivity index (χ3v) is 2.28. The van der Waals surface area contributed by atoms with E-state index in [4.69, 9.17) is 0 Å². The van der Waals surface area contributed by atoms with E-state index in [1.807, 2.05) is 24.3 Å². The highest BCUT2D eigenvalue weighted by Gasteiger charge is 1.96. The molecule has 3 rings (SSSR count). The van der Waals surface area contributed by atoms with Crippen LogP contribution in [-0.4, -0.2) is 0 Å². The summed E-state index contributed by atoms with van der Waals surface area (Å²) < 4.78 is 0. The van der Waals surface area contributed by atoms with Gasteiger partial charge in [-0.3, -0.25) is 0 Å². The normalized spacial score (nSPS) is 10.9. The van der Waals surface area contributed by atoms with Crippen molar-refractivity contribution in [3.05, 3.63) is 60.7 Å². The lowest BCUT2D eigenvalue weighted by molar-refractivity contribution is 1.73. The maximum atomic E-state index is 3.18. The Labute approximate surface area is 82.8 Å². The van der Waals surface area contributed by atoms with Crippen LogP contribution in [0.4, 0.5) is 0 Å². The first-order valence-electron chi connectivity index (χ1n) is 4.48. The highest BCUT2D eigenvalue weighted by molar-refractivity contribution is 5.96. The molecule has 0 saturated carbocycles. The average Bonchev–Trinajstić information content (AvgIpc) is 2.26. The van der Waals surface area contributed by atoms with E-state index in [-0.39, 0.29) is 0 Å². The van der Waals surface area contributed by atoms with Crippen molar-refractivity contribution in [2.45, 2.75) is 0 Å². The Balaban J connectivity index is 2.52. The first-order chi connectivity index (χ1) is 6.93. The summed E-state index contributed by atoms with van der Waals surface area (Å²) in [6, 6.07) is 24.3. The van der Waals surface area contributed by atoms with Crippen molar-refractivity contribution in [1.29, 1.82) is 0 Å². The average molecular weight is 174 g/mol. The van der Waals surface area contributed by atoms with Gasteiger partial charge in [0.2, 0.25) is 0 Å². The van der Waals surface area contributed by atoms with E-state index in [2.05, 4.69) is 36.4 Å². The fourth-order valence-corrected chi connectivity index (χ4v) is 1.60. The van der Waals surface area contributed by atoms with Crippen LogP contribution < -0.4 is 0 Å². The van der Waals surface area contributed by atoms with Crippen molar-refractivity contribution in [2.24, 2.45) is 0 Å². The van der Waals surface area contributed by atoms with E-state index < -0.39 is 0 Å². The SMILES string of the molecule is [c]1cc[c]c2cc3[c]cc[c]c3cc12. The van der Waals surface area contributed by atoms with Gasteiger partial charge in [-0.05, 0) is 57.9 Å². The van der Waals surface area contributed by atoms with Crippen molar-refractivity contribution < 1.29 is 0 Å². The van der Waals surface area contributed by atoms with E-state index in [1.54, 1.807) is 0 Å². The summed E-state index contributed by atoms with van der Waals surface area (Å²) in [7, 11) is 0. The maximum absolute atomic E-state index is 3.18. The second-order valence-electron chi connectivity index (χ2n) is 3.19. The predicted octanol–water partition coefficient (Wildman–Crippen LogP) is 3.19. The Hall–Kier alpha value is -1.82. The first kappa shape index (κ1) is 7.57. The topological polar surface area (TPSA) is 0 Å². The lowest BCUT2D eigenvalue weighted by atomic mass is 10.0. The van der Waals surface area contributed by atoms with E-state index in [1.165, 1.54) is 0 Å². The molecule has 0 N–H and O–H groups in total. The zero-order valence-corrected chi connectivity index (χ0v) is 7.46. The van der Waals surface area contributed by atoms with Crippen LogP contribution in [0.5, 0.6) is 0 Å². The van der Waals surface area contributed by atoms with Gasteiger partial charge in [-0.15, -0.1) is 0 Å². The third-order valence-electron chi connectivity index (χ3n) is 2.28. The molecule has 0 aromatic heterocycles. The van der Waals surface area contributed by atoms with Gasteiger partial charge in [-0.25, -0.2) is 0 Å². The zero-order chi connectivity index (χ0) is 9.38. The number of benzene rings is 3. The molecule has 0 fully saturated rings. The number of fused-ring (bicyclic) bond motifs is 2. The third kappa shape index (κ3) is 1.08. The van der Waals surface area contributed by atoms with Gasteiger partial charge in [-0.2, -0.15) is 0 Å².